The van der Waals surface area contributed by atoms with Gasteiger partial charge < -0.3 is 19.5 Å². The van der Waals surface area contributed by atoms with Gasteiger partial charge in [0.05, 0.1) is 22.2 Å². The van der Waals surface area contributed by atoms with E-state index in [2.05, 4.69) is 20.3 Å². The van der Waals surface area contributed by atoms with Crippen molar-refractivity contribution in [2.24, 2.45) is 0 Å². The minimum Gasteiger partial charge on any atom is -0.457 e. The van der Waals surface area contributed by atoms with Crippen molar-refractivity contribution < 1.29 is 27.1 Å². The summed E-state index contributed by atoms with van der Waals surface area (Å²) >= 11 is 0. The Hall–Kier alpha value is -3.97. The van der Waals surface area contributed by atoms with Gasteiger partial charge in [0.2, 0.25) is 5.91 Å². The van der Waals surface area contributed by atoms with E-state index in [-0.39, 0.29) is 48.7 Å². The lowest BCUT2D eigenvalue weighted by molar-refractivity contribution is -0.169. The number of ether oxygens (including phenoxy) is 1. The van der Waals surface area contributed by atoms with Crippen LogP contribution in [-0.2, 0) is 21.6 Å². The second kappa shape index (κ2) is 9.84. The predicted octanol–water partition coefficient (Wildman–Crippen LogP) is 5.33. The van der Waals surface area contributed by atoms with E-state index in [1.807, 2.05) is 13.8 Å². The molecular weight excluding hydrogens is 544 g/mol. The zero-order valence-electron chi connectivity index (χ0n) is 23.6. The van der Waals surface area contributed by atoms with Gasteiger partial charge in [-0.15, -0.1) is 0 Å². The largest absolute Gasteiger partial charge is 0.457 e. The molecule has 3 aromatic rings. The van der Waals surface area contributed by atoms with E-state index < -0.39 is 36.1 Å². The molecule has 0 unspecified atom stereocenters. The molecule has 0 aliphatic carbocycles. The van der Waals surface area contributed by atoms with Crippen molar-refractivity contribution in [2.75, 3.05) is 23.8 Å². The van der Waals surface area contributed by atoms with Crippen molar-refractivity contribution in [3.8, 4) is 0 Å². The number of hydrogen-bond donors (Lipinski definition) is 2. The molecule has 1 aromatic carbocycles. The van der Waals surface area contributed by atoms with Crippen LogP contribution in [0, 0.1) is 18.2 Å². The zero-order valence-corrected chi connectivity index (χ0v) is 23.6. The van der Waals surface area contributed by atoms with Crippen molar-refractivity contribution in [2.45, 2.75) is 77.7 Å². The molecule has 2 N–H and O–H groups in total. The third kappa shape index (κ3) is 4.62. The summed E-state index contributed by atoms with van der Waals surface area (Å²) in [4.78, 5) is 29.4. The number of alkyl halides is 3. The number of hydrogen-bond acceptors (Lipinski definition) is 7. The highest BCUT2D eigenvalue weighted by Crippen LogP contribution is 2.48. The first-order valence-electron chi connectivity index (χ1n) is 13.3. The molecule has 0 radical (unpaired) electrons. The summed E-state index contributed by atoms with van der Waals surface area (Å²) in [6, 6.07) is 0.448. The van der Waals surface area contributed by atoms with Crippen LogP contribution < -0.4 is 10.2 Å². The molecule has 0 saturated carbocycles. The van der Waals surface area contributed by atoms with Crippen molar-refractivity contribution in [3.05, 3.63) is 35.2 Å². The van der Waals surface area contributed by atoms with E-state index in [0.717, 1.165) is 4.90 Å². The van der Waals surface area contributed by atoms with E-state index >= 15 is 4.39 Å². The van der Waals surface area contributed by atoms with E-state index in [0.29, 0.717) is 28.2 Å². The second-order valence-electron chi connectivity index (χ2n) is 11.1. The molecule has 1 fully saturated rings. The van der Waals surface area contributed by atoms with Gasteiger partial charge in [0, 0.05) is 25.7 Å². The topological polar surface area (TPSA) is 112 Å². The van der Waals surface area contributed by atoms with Crippen LogP contribution in [0.1, 0.15) is 63.8 Å². The fraction of sp³-hybridized carbons (Fsp3) is 0.519. The van der Waals surface area contributed by atoms with E-state index in [1.54, 1.807) is 38.5 Å². The van der Waals surface area contributed by atoms with Crippen LogP contribution in [0.5, 0.6) is 0 Å². The summed E-state index contributed by atoms with van der Waals surface area (Å²) in [5, 5.41) is 11.1. The minimum absolute atomic E-state index is 0.0346. The lowest BCUT2D eigenvalue weighted by Crippen LogP contribution is -2.45. The number of carbonyl (C=O) groups excluding carboxylic acids is 1. The third-order valence-electron chi connectivity index (χ3n) is 7.65. The molecule has 220 valence electrons. The van der Waals surface area contributed by atoms with Crippen LogP contribution in [-0.4, -0.2) is 62.2 Å². The monoisotopic (exact) mass is 576 g/mol. The van der Waals surface area contributed by atoms with E-state index in [1.165, 1.54) is 11.0 Å². The molecule has 4 heterocycles. The molecule has 1 amide bonds. The van der Waals surface area contributed by atoms with E-state index in [4.69, 9.17) is 10.1 Å². The van der Waals surface area contributed by atoms with Crippen LogP contribution in [0.2, 0.25) is 0 Å². The molecule has 14 heteroatoms. The van der Waals surface area contributed by atoms with Gasteiger partial charge in [-0.05, 0) is 53.5 Å². The number of aryl methyl sites for hydroxylation is 1. The van der Waals surface area contributed by atoms with Crippen molar-refractivity contribution in [1.82, 2.24) is 24.4 Å². The average Bonchev–Trinajstić information content (AvgIpc) is 3.56. The van der Waals surface area contributed by atoms with Crippen LogP contribution in [0.4, 0.5) is 34.9 Å². The highest BCUT2D eigenvalue weighted by atomic mass is 19.4. The molecular formula is C27H32F4N8O2. The number of nitrogens with zero attached hydrogens (tertiary/aromatic N) is 6. The molecule has 41 heavy (non-hydrogen) atoms. The molecule has 2 aliphatic heterocycles. The number of anilines is 3. The van der Waals surface area contributed by atoms with Crippen LogP contribution >= 0.6 is 0 Å². The SMILES string of the molecule is CNc1nc(COC(=N)N2CCC[C@@H]2C(F)(F)F)nc2c1C(C)(C)C(=O)N2c1cc(F)c2c(c1)nc(C)n2C(C)C. The number of nitrogens with one attached hydrogen (secondary N) is 2. The lowest BCUT2D eigenvalue weighted by atomic mass is 9.87. The van der Waals surface area contributed by atoms with Gasteiger partial charge in [-0.3, -0.25) is 15.1 Å². The van der Waals surface area contributed by atoms with Gasteiger partial charge in [-0.25, -0.2) is 19.3 Å². The summed E-state index contributed by atoms with van der Waals surface area (Å²) in [6.45, 7) is 8.70. The maximum absolute atomic E-state index is 15.6. The fourth-order valence-corrected chi connectivity index (χ4v) is 5.81. The number of fused-ring (bicyclic) bond motifs is 2. The number of amides is 1. The fourth-order valence-electron chi connectivity index (χ4n) is 5.81. The Labute approximate surface area is 234 Å². The number of benzene rings is 1. The highest BCUT2D eigenvalue weighted by molar-refractivity contribution is 6.13. The van der Waals surface area contributed by atoms with Crippen LogP contribution in [0.3, 0.4) is 0 Å². The number of halogens is 4. The molecule has 1 atom stereocenters. The van der Waals surface area contributed by atoms with Crippen LogP contribution in [0.15, 0.2) is 12.1 Å². The van der Waals surface area contributed by atoms with Gasteiger partial charge >= 0.3 is 6.18 Å². The van der Waals surface area contributed by atoms with Gasteiger partial charge in [0.25, 0.3) is 6.02 Å². The maximum Gasteiger partial charge on any atom is 0.408 e. The van der Waals surface area contributed by atoms with Gasteiger partial charge in [-0.1, -0.05) is 0 Å². The van der Waals surface area contributed by atoms with Crippen LogP contribution in [0.25, 0.3) is 11.0 Å². The average molecular weight is 577 g/mol. The Morgan fingerprint density at radius 2 is 1.95 bits per heavy atom. The smallest absolute Gasteiger partial charge is 0.408 e. The Bertz CT molecular complexity index is 1550. The number of likely N-dealkylation sites (tertiary alicyclic amines) is 1. The summed E-state index contributed by atoms with van der Waals surface area (Å²) in [6.07, 6.45) is -4.31. The van der Waals surface area contributed by atoms with Gasteiger partial charge in [0.15, 0.2) is 18.2 Å². The Morgan fingerprint density at radius 1 is 1.24 bits per heavy atom. The van der Waals surface area contributed by atoms with Crippen molar-refractivity contribution in [3.63, 3.8) is 0 Å². The molecule has 0 bridgehead atoms. The maximum atomic E-state index is 15.6. The third-order valence-corrected chi connectivity index (χ3v) is 7.65. The minimum atomic E-state index is -4.48. The first-order chi connectivity index (χ1) is 19.2. The molecule has 2 aromatic heterocycles. The number of carbonyl (C=O) groups is 1. The molecule has 2 aliphatic rings. The molecule has 1 saturated heterocycles. The number of amidine groups is 1. The number of aromatic nitrogens is 4. The molecule has 0 spiro atoms. The first kappa shape index (κ1) is 28.6. The van der Waals surface area contributed by atoms with Gasteiger partial charge in [0.1, 0.15) is 29.0 Å². The molecule has 5 rings (SSSR count). The highest BCUT2D eigenvalue weighted by Gasteiger charge is 2.49. The standard InChI is InChI=1S/C27H32F4N8O2/c1-13(2)38-14(3)34-17-11-15(10-16(28)21(17)38)39-23-20(26(4,5)24(39)40)22(33-6)35-19(36-23)12-41-25(32)37-9-7-8-18(37)27(29,30)31/h10-11,13,18,32H,7-9,12H2,1-6H3,(H,33,35,36)/t18-/m1/s1. The van der Waals surface area contributed by atoms with Crippen molar-refractivity contribution in [1.29, 1.82) is 5.41 Å². The summed E-state index contributed by atoms with van der Waals surface area (Å²) < 4.78 is 62.9. The Kier molecular flexibility index (Phi) is 6.85. The quantitative estimate of drug-likeness (QED) is 0.240. The number of rotatable bonds is 5. The summed E-state index contributed by atoms with van der Waals surface area (Å²) in [5.74, 6) is 0.266. The second-order valence-corrected chi connectivity index (χ2v) is 11.1. The van der Waals surface area contributed by atoms with Gasteiger partial charge in [-0.2, -0.15) is 13.2 Å². The number of imidazole rings is 1. The zero-order chi connectivity index (χ0) is 30.0. The normalized spacial score (nSPS) is 18.5. The van der Waals surface area contributed by atoms with Crippen molar-refractivity contribution >= 4 is 40.3 Å². The summed E-state index contributed by atoms with van der Waals surface area (Å²) in [5.41, 5.74) is 0.330. The summed E-state index contributed by atoms with van der Waals surface area (Å²) in [7, 11) is 1.61. The first-order valence-corrected chi connectivity index (χ1v) is 13.3. The lowest BCUT2D eigenvalue weighted by Gasteiger charge is -2.27. The Morgan fingerprint density at radius 3 is 2.59 bits per heavy atom. The Balaban J connectivity index is 1.53. The predicted molar refractivity (Wildman–Crippen MR) is 145 cm³/mol. The molecule has 10 nitrogen and oxygen atoms in total. The van der Waals surface area contributed by atoms with E-state index in [9.17, 15) is 18.0 Å².